The largest absolute Gasteiger partial charge is 0.489 e. The third-order valence-electron chi connectivity index (χ3n) is 2.03. The normalized spacial score (nSPS) is 20.0. The fraction of sp³-hybridized carbons (Fsp3) is 0.167. The zero-order valence-corrected chi connectivity index (χ0v) is 7.44. The van der Waals surface area contributed by atoms with Gasteiger partial charge in [0.2, 0.25) is 0 Å². The highest BCUT2D eigenvalue weighted by Gasteiger charge is 2.00. The second-order valence-corrected chi connectivity index (χ2v) is 2.98. The molecular weight excluding hydrogens is 160 g/mol. The standard InChI is InChI=1S/C12H12O/c1-2-6-10-13-12-9-5-4-8-11(12)7-3-1/h1-6,8-9H,7,10H2/b3-1-,6-2-. The minimum Gasteiger partial charge on any atom is -0.489 e. The minimum absolute atomic E-state index is 0.654. The number of benzene rings is 1. The fourth-order valence-corrected chi connectivity index (χ4v) is 1.36. The van der Waals surface area contributed by atoms with Gasteiger partial charge < -0.3 is 4.74 Å². The zero-order valence-electron chi connectivity index (χ0n) is 7.44. The number of allylic oxidation sites excluding steroid dienone is 3. The molecule has 2 rings (SSSR count). The van der Waals surface area contributed by atoms with Crippen molar-refractivity contribution in [2.24, 2.45) is 0 Å². The fourth-order valence-electron chi connectivity index (χ4n) is 1.36. The second kappa shape index (κ2) is 3.94. The van der Waals surface area contributed by atoms with Crippen molar-refractivity contribution in [3.05, 3.63) is 54.1 Å². The summed E-state index contributed by atoms with van der Waals surface area (Å²) in [7, 11) is 0. The van der Waals surface area contributed by atoms with Crippen LogP contribution in [0.3, 0.4) is 0 Å². The average molecular weight is 172 g/mol. The van der Waals surface area contributed by atoms with Crippen molar-refractivity contribution < 1.29 is 4.74 Å². The Morgan fingerprint density at radius 3 is 2.85 bits per heavy atom. The maximum atomic E-state index is 5.58. The number of ether oxygens (including phenoxy) is 1. The van der Waals surface area contributed by atoms with Gasteiger partial charge in [0, 0.05) is 0 Å². The topological polar surface area (TPSA) is 9.23 Å². The number of para-hydroxylation sites is 1. The molecule has 0 aliphatic carbocycles. The summed E-state index contributed by atoms with van der Waals surface area (Å²) in [5, 5.41) is 0. The van der Waals surface area contributed by atoms with Gasteiger partial charge in [-0.05, 0) is 24.1 Å². The molecule has 13 heavy (non-hydrogen) atoms. The lowest BCUT2D eigenvalue weighted by molar-refractivity contribution is 0.360. The van der Waals surface area contributed by atoms with Gasteiger partial charge in [0.1, 0.15) is 12.4 Å². The molecule has 1 nitrogen and oxygen atoms in total. The second-order valence-electron chi connectivity index (χ2n) is 2.98. The van der Waals surface area contributed by atoms with E-state index in [1.165, 1.54) is 5.56 Å². The van der Waals surface area contributed by atoms with Crippen LogP contribution in [0.5, 0.6) is 5.75 Å². The molecule has 1 aliphatic rings. The van der Waals surface area contributed by atoms with Crippen molar-refractivity contribution in [3.63, 3.8) is 0 Å². The van der Waals surface area contributed by atoms with Gasteiger partial charge in [-0.15, -0.1) is 0 Å². The molecule has 66 valence electrons. The summed E-state index contributed by atoms with van der Waals surface area (Å²) in [5.74, 6) is 0.999. The van der Waals surface area contributed by atoms with Crippen LogP contribution in [0.15, 0.2) is 48.6 Å². The molecule has 1 heterocycles. The molecule has 1 aliphatic heterocycles. The monoisotopic (exact) mass is 172 g/mol. The Morgan fingerprint density at radius 2 is 1.85 bits per heavy atom. The minimum atomic E-state index is 0.654. The number of fused-ring (bicyclic) bond motifs is 1. The maximum Gasteiger partial charge on any atom is 0.123 e. The summed E-state index contributed by atoms with van der Waals surface area (Å²) in [4.78, 5) is 0. The first-order valence-corrected chi connectivity index (χ1v) is 4.49. The van der Waals surface area contributed by atoms with Crippen LogP contribution in [0.2, 0.25) is 0 Å². The SMILES string of the molecule is C1=C\COc2ccccc2C\C=C/1. The third kappa shape index (κ3) is 2.00. The summed E-state index contributed by atoms with van der Waals surface area (Å²) < 4.78 is 5.58. The van der Waals surface area contributed by atoms with E-state index in [2.05, 4.69) is 18.2 Å². The van der Waals surface area contributed by atoms with Gasteiger partial charge in [-0.25, -0.2) is 0 Å². The molecule has 1 aromatic carbocycles. The van der Waals surface area contributed by atoms with E-state index in [0.717, 1.165) is 12.2 Å². The molecule has 0 saturated heterocycles. The Bertz CT molecular complexity index is 337. The quantitative estimate of drug-likeness (QED) is 0.584. The molecule has 0 N–H and O–H groups in total. The van der Waals surface area contributed by atoms with E-state index >= 15 is 0 Å². The lowest BCUT2D eigenvalue weighted by atomic mass is 10.1. The van der Waals surface area contributed by atoms with Gasteiger partial charge in [0.05, 0.1) is 0 Å². The van der Waals surface area contributed by atoms with Crippen molar-refractivity contribution in [3.8, 4) is 5.75 Å². The van der Waals surface area contributed by atoms with Gasteiger partial charge in [-0.3, -0.25) is 0 Å². The predicted octanol–water partition coefficient (Wildman–Crippen LogP) is 2.73. The Labute approximate surface area is 78.3 Å². The lowest BCUT2D eigenvalue weighted by Crippen LogP contribution is -1.95. The Morgan fingerprint density at radius 1 is 1.00 bits per heavy atom. The van der Waals surface area contributed by atoms with Gasteiger partial charge in [-0.1, -0.05) is 36.4 Å². The van der Waals surface area contributed by atoms with Crippen LogP contribution in [-0.2, 0) is 6.42 Å². The van der Waals surface area contributed by atoms with Crippen molar-refractivity contribution in [2.75, 3.05) is 6.61 Å². The molecule has 0 bridgehead atoms. The van der Waals surface area contributed by atoms with E-state index in [1.54, 1.807) is 0 Å². The first-order chi connectivity index (χ1) is 6.47. The van der Waals surface area contributed by atoms with Crippen LogP contribution < -0.4 is 4.74 Å². The average Bonchev–Trinajstić information content (AvgIpc) is 2.28. The van der Waals surface area contributed by atoms with Crippen molar-refractivity contribution >= 4 is 0 Å². The number of hydrogen-bond acceptors (Lipinski definition) is 1. The van der Waals surface area contributed by atoms with Crippen molar-refractivity contribution in [1.29, 1.82) is 0 Å². The van der Waals surface area contributed by atoms with Crippen LogP contribution in [0.25, 0.3) is 0 Å². The van der Waals surface area contributed by atoms with Gasteiger partial charge in [0.15, 0.2) is 0 Å². The summed E-state index contributed by atoms with van der Waals surface area (Å²) >= 11 is 0. The molecule has 1 aromatic rings. The van der Waals surface area contributed by atoms with E-state index in [-0.39, 0.29) is 0 Å². The van der Waals surface area contributed by atoms with Gasteiger partial charge in [-0.2, -0.15) is 0 Å². The van der Waals surface area contributed by atoms with Crippen LogP contribution in [-0.4, -0.2) is 6.61 Å². The zero-order chi connectivity index (χ0) is 8.93. The summed E-state index contributed by atoms with van der Waals surface area (Å²) in [6.45, 7) is 0.654. The van der Waals surface area contributed by atoms with E-state index in [1.807, 2.05) is 30.4 Å². The highest BCUT2D eigenvalue weighted by atomic mass is 16.5. The Balaban J connectivity index is 2.31. The predicted molar refractivity (Wildman–Crippen MR) is 53.9 cm³/mol. The molecule has 0 aromatic heterocycles. The smallest absolute Gasteiger partial charge is 0.123 e. The number of rotatable bonds is 0. The third-order valence-corrected chi connectivity index (χ3v) is 2.03. The lowest BCUT2D eigenvalue weighted by Gasteiger charge is -2.07. The summed E-state index contributed by atoms with van der Waals surface area (Å²) in [6.07, 6.45) is 9.18. The number of hydrogen-bond donors (Lipinski definition) is 0. The van der Waals surface area contributed by atoms with E-state index in [4.69, 9.17) is 4.74 Å². The molecule has 1 heteroatoms. The van der Waals surface area contributed by atoms with E-state index in [9.17, 15) is 0 Å². The van der Waals surface area contributed by atoms with Crippen molar-refractivity contribution in [2.45, 2.75) is 6.42 Å². The van der Waals surface area contributed by atoms with Crippen molar-refractivity contribution in [1.82, 2.24) is 0 Å². The first kappa shape index (κ1) is 8.11. The molecule has 0 atom stereocenters. The van der Waals surface area contributed by atoms with Gasteiger partial charge >= 0.3 is 0 Å². The molecule has 0 radical (unpaired) electrons. The first-order valence-electron chi connectivity index (χ1n) is 4.49. The highest BCUT2D eigenvalue weighted by molar-refractivity contribution is 5.35. The molecule has 0 saturated carbocycles. The highest BCUT2D eigenvalue weighted by Crippen LogP contribution is 2.19. The summed E-state index contributed by atoms with van der Waals surface area (Å²) in [5.41, 5.74) is 1.25. The molecular formula is C12H12O. The molecule has 0 spiro atoms. The summed E-state index contributed by atoms with van der Waals surface area (Å²) in [6, 6.07) is 8.17. The van der Waals surface area contributed by atoms with Crippen LogP contribution in [0, 0.1) is 0 Å². The van der Waals surface area contributed by atoms with E-state index in [0.29, 0.717) is 6.61 Å². The molecule has 0 unspecified atom stereocenters. The molecule has 0 fully saturated rings. The Kier molecular flexibility index (Phi) is 2.46. The van der Waals surface area contributed by atoms with Crippen LogP contribution in [0.1, 0.15) is 5.56 Å². The molecule has 0 amide bonds. The van der Waals surface area contributed by atoms with E-state index < -0.39 is 0 Å². The Hall–Kier alpha value is -1.50. The van der Waals surface area contributed by atoms with Gasteiger partial charge in [0.25, 0.3) is 0 Å². The maximum absolute atomic E-state index is 5.58. The van der Waals surface area contributed by atoms with Crippen LogP contribution >= 0.6 is 0 Å². The van der Waals surface area contributed by atoms with Crippen LogP contribution in [0.4, 0.5) is 0 Å².